The molecule has 1 aliphatic heterocycles. The van der Waals surface area contributed by atoms with E-state index in [0.29, 0.717) is 5.92 Å². The van der Waals surface area contributed by atoms with Crippen molar-refractivity contribution in [1.82, 2.24) is 4.90 Å². The topological polar surface area (TPSA) is 29.5 Å². The average molecular weight is 334 g/mol. The van der Waals surface area contributed by atoms with E-state index < -0.39 is 0 Å². The highest BCUT2D eigenvalue weighted by Gasteiger charge is 2.31. The average Bonchev–Trinajstić information content (AvgIpc) is 2.58. The largest absolute Gasteiger partial charge is 0.543 e. The Bertz CT molecular complexity index is 486. The van der Waals surface area contributed by atoms with Crippen molar-refractivity contribution in [3.63, 3.8) is 0 Å². The van der Waals surface area contributed by atoms with Gasteiger partial charge in [0.15, 0.2) is 0 Å². The van der Waals surface area contributed by atoms with Gasteiger partial charge < -0.3 is 4.65 Å². The molecule has 1 atom stereocenters. The van der Waals surface area contributed by atoms with Crippen molar-refractivity contribution in [1.29, 1.82) is 0 Å². The van der Waals surface area contributed by atoms with Gasteiger partial charge in [-0.25, -0.2) is 0 Å². The SMILES string of the molecule is [B]OC(=O)C(CCCC)C1CCN(Cc2ccc(Cl)cc2)CC1. The number of nitrogens with zero attached hydrogens (tertiary/aromatic N) is 1. The van der Waals surface area contributed by atoms with Gasteiger partial charge in [0.25, 0.3) is 5.97 Å². The van der Waals surface area contributed by atoms with E-state index in [0.717, 1.165) is 56.8 Å². The van der Waals surface area contributed by atoms with Gasteiger partial charge in [0.2, 0.25) is 0 Å². The molecule has 0 aliphatic carbocycles. The Morgan fingerprint density at radius 3 is 2.57 bits per heavy atom. The maximum atomic E-state index is 11.9. The number of halogens is 1. The Hall–Kier alpha value is -0.995. The van der Waals surface area contributed by atoms with Gasteiger partial charge in [0.1, 0.15) is 0 Å². The van der Waals surface area contributed by atoms with Gasteiger partial charge in [-0.05, 0) is 56.0 Å². The monoisotopic (exact) mass is 333 g/mol. The number of rotatable bonds is 7. The van der Waals surface area contributed by atoms with E-state index in [4.69, 9.17) is 19.7 Å². The van der Waals surface area contributed by atoms with Crippen molar-refractivity contribution in [3.05, 3.63) is 34.9 Å². The van der Waals surface area contributed by atoms with Gasteiger partial charge in [-0.1, -0.05) is 43.5 Å². The zero-order valence-corrected chi connectivity index (χ0v) is 14.6. The molecule has 1 aliphatic rings. The fourth-order valence-electron chi connectivity index (χ4n) is 3.42. The van der Waals surface area contributed by atoms with E-state index in [1.807, 2.05) is 12.1 Å². The molecule has 1 saturated heterocycles. The van der Waals surface area contributed by atoms with Gasteiger partial charge >= 0.3 is 8.05 Å². The molecule has 0 aromatic heterocycles. The maximum Gasteiger partial charge on any atom is 0.378 e. The first-order chi connectivity index (χ1) is 11.1. The van der Waals surface area contributed by atoms with E-state index in [9.17, 15) is 4.79 Å². The van der Waals surface area contributed by atoms with Crippen LogP contribution in [0.15, 0.2) is 24.3 Å². The molecule has 5 heteroatoms. The number of piperidine rings is 1. The smallest absolute Gasteiger partial charge is 0.378 e. The molecule has 0 amide bonds. The zero-order valence-electron chi connectivity index (χ0n) is 13.8. The summed E-state index contributed by atoms with van der Waals surface area (Å²) in [6.07, 6.45) is 5.07. The molecule has 0 bridgehead atoms. The van der Waals surface area contributed by atoms with Crippen LogP contribution in [0.2, 0.25) is 5.02 Å². The Kier molecular flexibility index (Phi) is 7.45. The molecule has 1 heterocycles. The molecule has 0 spiro atoms. The summed E-state index contributed by atoms with van der Waals surface area (Å²) >= 11 is 5.93. The highest BCUT2D eigenvalue weighted by Crippen LogP contribution is 2.30. The lowest BCUT2D eigenvalue weighted by Gasteiger charge is -2.35. The van der Waals surface area contributed by atoms with Crippen LogP contribution >= 0.6 is 11.6 Å². The Morgan fingerprint density at radius 2 is 2.00 bits per heavy atom. The highest BCUT2D eigenvalue weighted by molar-refractivity contribution is 6.30. The molecule has 2 rings (SSSR count). The van der Waals surface area contributed by atoms with E-state index in [-0.39, 0.29) is 11.9 Å². The van der Waals surface area contributed by atoms with Crippen molar-refractivity contribution in [3.8, 4) is 0 Å². The second-order valence-electron chi connectivity index (χ2n) is 6.43. The minimum atomic E-state index is -0.241. The van der Waals surface area contributed by atoms with Crippen LogP contribution in [0, 0.1) is 11.8 Å². The van der Waals surface area contributed by atoms with Crippen molar-refractivity contribution in [2.75, 3.05) is 13.1 Å². The molecule has 3 nitrogen and oxygen atoms in total. The lowest BCUT2D eigenvalue weighted by molar-refractivity contribution is -0.141. The van der Waals surface area contributed by atoms with Gasteiger partial charge in [0.05, 0.1) is 5.92 Å². The number of unbranched alkanes of at least 4 members (excludes halogenated alkanes) is 1. The van der Waals surface area contributed by atoms with Crippen LogP contribution < -0.4 is 0 Å². The Balaban J connectivity index is 1.85. The molecular weight excluding hydrogens is 308 g/mol. The van der Waals surface area contributed by atoms with Crippen LogP contribution in [0.3, 0.4) is 0 Å². The van der Waals surface area contributed by atoms with Crippen molar-refractivity contribution in [2.24, 2.45) is 11.8 Å². The van der Waals surface area contributed by atoms with E-state index >= 15 is 0 Å². The van der Waals surface area contributed by atoms with Crippen LogP contribution in [0.4, 0.5) is 0 Å². The van der Waals surface area contributed by atoms with Gasteiger partial charge in [0, 0.05) is 11.6 Å². The zero-order chi connectivity index (χ0) is 16.7. The van der Waals surface area contributed by atoms with Crippen molar-refractivity contribution < 1.29 is 9.45 Å². The molecule has 1 fully saturated rings. The minimum Gasteiger partial charge on any atom is -0.543 e. The summed E-state index contributed by atoms with van der Waals surface area (Å²) in [4.78, 5) is 14.4. The van der Waals surface area contributed by atoms with Crippen LogP contribution in [-0.2, 0) is 16.0 Å². The van der Waals surface area contributed by atoms with E-state index in [1.54, 1.807) is 0 Å². The first-order valence-corrected chi connectivity index (χ1v) is 8.89. The molecule has 23 heavy (non-hydrogen) atoms. The molecule has 0 N–H and O–H groups in total. The lowest BCUT2D eigenvalue weighted by Crippen LogP contribution is -2.38. The molecule has 1 aromatic rings. The quantitative estimate of drug-likeness (QED) is 0.707. The molecule has 124 valence electrons. The molecule has 2 radical (unpaired) electrons. The number of carbonyl (C=O) groups is 1. The summed E-state index contributed by atoms with van der Waals surface area (Å²) < 4.78 is 4.53. The first kappa shape index (κ1) is 18.3. The fourth-order valence-corrected chi connectivity index (χ4v) is 3.54. The number of carbonyl (C=O) groups excluding carboxylic acids is 1. The summed E-state index contributed by atoms with van der Waals surface area (Å²) in [5, 5.41) is 0.770. The number of hydrogen-bond donors (Lipinski definition) is 0. The third-order valence-electron chi connectivity index (χ3n) is 4.81. The maximum absolute atomic E-state index is 11.9. The van der Waals surface area contributed by atoms with Crippen molar-refractivity contribution >= 4 is 25.6 Å². The summed E-state index contributed by atoms with van der Waals surface area (Å²) in [7, 11) is 5.12. The predicted octanol–water partition coefficient (Wildman–Crippen LogP) is 3.99. The van der Waals surface area contributed by atoms with Crippen LogP contribution in [0.5, 0.6) is 0 Å². The Morgan fingerprint density at radius 1 is 1.35 bits per heavy atom. The molecule has 1 aromatic carbocycles. The second kappa shape index (κ2) is 9.34. The summed E-state index contributed by atoms with van der Waals surface area (Å²) in [6, 6.07) is 8.01. The Labute approximate surface area is 145 Å². The van der Waals surface area contributed by atoms with Gasteiger partial charge in [-0.2, -0.15) is 0 Å². The van der Waals surface area contributed by atoms with Crippen LogP contribution in [0.25, 0.3) is 0 Å². The molecule has 1 unspecified atom stereocenters. The lowest BCUT2D eigenvalue weighted by atomic mass is 9.81. The number of likely N-dealkylation sites (tertiary alicyclic amines) is 1. The standard InChI is InChI=1S/C18H25BClNO2/c1-2-3-4-17(18(22)23-19)15-9-11-21(12-10-15)13-14-5-7-16(20)8-6-14/h5-8,15,17H,2-4,9-13H2,1H3. The summed E-state index contributed by atoms with van der Waals surface area (Å²) in [5.74, 6) is 0.103. The summed E-state index contributed by atoms with van der Waals surface area (Å²) in [5.41, 5.74) is 1.27. The predicted molar refractivity (Wildman–Crippen MR) is 94.3 cm³/mol. The van der Waals surface area contributed by atoms with Crippen LogP contribution in [0.1, 0.15) is 44.6 Å². The second-order valence-corrected chi connectivity index (χ2v) is 6.86. The third kappa shape index (κ3) is 5.54. The van der Waals surface area contributed by atoms with Gasteiger partial charge in [-0.15, -0.1) is 0 Å². The van der Waals surface area contributed by atoms with E-state index in [2.05, 4.69) is 28.6 Å². The molecule has 0 saturated carbocycles. The first-order valence-electron chi connectivity index (χ1n) is 8.51. The minimum absolute atomic E-state index is 0.0439. The number of benzene rings is 1. The summed E-state index contributed by atoms with van der Waals surface area (Å²) in [6.45, 7) is 5.09. The number of hydrogen-bond acceptors (Lipinski definition) is 3. The highest BCUT2D eigenvalue weighted by atomic mass is 35.5. The van der Waals surface area contributed by atoms with E-state index in [1.165, 1.54) is 5.56 Å². The van der Waals surface area contributed by atoms with Crippen molar-refractivity contribution in [2.45, 2.75) is 45.6 Å². The molecular formula is C18H25BClNO2. The normalized spacial score (nSPS) is 17.8. The van der Waals surface area contributed by atoms with Gasteiger partial charge in [-0.3, -0.25) is 9.69 Å². The van der Waals surface area contributed by atoms with Crippen LogP contribution in [-0.4, -0.2) is 32.0 Å². The third-order valence-corrected chi connectivity index (χ3v) is 5.06. The fraction of sp³-hybridized carbons (Fsp3) is 0.611.